The van der Waals surface area contributed by atoms with Gasteiger partial charge in [0, 0.05) is 31.3 Å². The summed E-state index contributed by atoms with van der Waals surface area (Å²) in [5.41, 5.74) is 6.89. The van der Waals surface area contributed by atoms with Crippen LogP contribution in [0.3, 0.4) is 0 Å². The van der Waals surface area contributed by atoms with Crippen LogP contribution in [0.2, 0.25) is 0 Å². The van der Waals surface area contributed by atoms with Crippen LogP contribution >= 0.6 is 0 Å². The molecule has 2 atom stereocenters. The highest BCUT2D eigenvalue weighted by Crippen LogP contribution is 2.32. The fourth-order valence-corrected chi connectivity index (χ4v) is 2.89. The van der Waals surface area contributed by atoms with E-state index in [9.17, 15) is 15.4 Å². The Bertz CT molecular complexity index is 553. The number of anilines is 1. The first-order valence-electron chi connectivity index (χ1n) is 6.73. The standard InChI is InChI=1S/C14H18N4O2/c1-10-3-2-6-17(14(10)9-16)13-5-4-12(18(19)20)7-11(13)8-15/h4-5,7,10,14H,2-3,6,9,16H2,1H3. The quantitative estimate of drug-likeness (QED) is 0.672. The zero-order valence-corrected chi connectivity index (χ0v) is 11.5. The summed E-state index contributed by atoms with van der Waals surface area (Å²) in [5.74, 6) is 0.454. The SMILES string of the molecule is CC1CCCN(c2ccc([N+](=O)[O-])cc2C#N)C1CN. The number of non-ortho nitro benzene ring substituents is 1. The van der Waals surface area contributed by atoms with Gasteiger partial charge in [-0.3, -0.25) is 10.1 Å². The predicted molar refractivity (Wildman–Crippen MR) is 76.4 cm³/mol. The molecule has 0 aromatic heterocycles. The molecule has 1 heterocycles. The fourth-order valence-electron chi connectivity index (χ4n) is 2.89. The van der Waals surface area contributed by atoms with E-state index >= 15 is 0 Å². The smallest absolute Gasteiger partial charge is 0.270 e. The molecule has 2 unspecified atom stereocenters. The first kappa shape index (κ1) is 14.3. The van der Waals surface area contributed by atoms with Crippen molar-refractivity contribution in [3.8, 4) is 6.07 Å². The van der Waals surface area contributed by atoms with E-state index < -0.39 is 4.92 Å². The summed E-state index contributed by atoms with van der Waals surface area (Å²) in [6.07, 6.45) is 2.16. The minimum absolute atomic E-state index is 0.0559. The maximum Gasteiger partial charge on any atom is 0.270 e. The number of hydrogen-bond acceptors (Lipinski definition) is 5. The summed E-state index contributed by atoms with van der Waals surface area (Å²) in [7, 11) is 0. The summed E-state index contributed by atoms with van der Waals surface area (Å²) in [6, 6.07) is 6.69. The minimum Gasteiger partial charge on any atom is -0.366 e. The predicted octanol–water partition coefficient (Wildman–Crippen LogP) is 2.03. The van der Waals surface area contributed by atoms with Gasteiger partial charge in [0.2, 0.25) is 0 Å². The number of nitrogens with two attached hydrogens (primary N) is 1. The molecule has 6 heteroatoms. The van der Waals surface area contributed by atoms with Gasteiger partial charge in [-0.1, -0.05) is 6.92 Å². The molecular formula is C14H18N4O2. The lowest BCUT2D eigenvalue weighted by molar-refractivity contribution is -0.384. The van der Waals surface area contributed by atoms with Gasteiger partial charge in [0.05, 0.1) is 16.2 Å². The average molecular weight is 274 g/mol. The lowest BCUT2D eigenvalue weighted by atomic mass is 9.90. The molecule has 0 radical (unpaired) electrons. The molecule has 0 saturated carbocycles. The molecule has 1 saturated heterocycles. The highest BCUT2D eigenvalue weighted by atomic mass is 16.6. The van der Waals surface area contributed by atoms with Gasteiger partial charge in [-0.05, 0) is 24.8 Å². The Hall–Kier alpha value is -2.13. The number of nitro groups is 1. The Morgan fingerprint density at radius 3 is 2.95 bits per heavy atom. The van der Waals surface area contributed by atoms with Gasteiger partial charge in [0.15, 0.2) is 0 Å². The number of nitrogens with zero attached hydrogens (tertiary/aromatic N) is 3. The van der Waals surface area contributed by atoms with E-state index in [4.69, 9.17) is 5.73 Å². The van der Waals surface area contributed by atoms with Crippen molar-refractivity contribution < 1.29 is 4.92 Å². The average Bonchev–Trinajstić information content (AvgIpc) is 2.46. The fraction of sp³-hybridized carbons (Fsp3) is 0.500. The molecule has 0 spiro atoms. The second-order valence-corrected chi connectivity index (χ2v) is 5.19. The Morgan fingerprint density at radius 1 is 1.60 bits per heavy atom. The third-order valence-corrected chi connectivity index (χ3v) is 3.98. The highest BCUT2D eigenvalue weighted by molar-refractivity contribution is 5.63. The van der Waals surface area contributed by atoms with Crippen molar-refractivity contribution in [2.45, 2.75) is 25.8 Å². The van der Waals surface area contributed by atoms with Crippen LogP contribution < -0.4 is 10.6 Å². The van der Waals surface area contributed by atoms with Crippen LogP contribution in [0.15, 0.2) is 18.2 Å². The van der Waals surface area contributed by atoms with Crippen molar-refractivity contribution in [1.82, 2.24) is 0 Å². The van der Waals surface area contributed by atoms with Crippen LogP contribution in [0.4, 0.5) is 11.4 Å². The summed E-state index contributed by atoms with van der Waals surface area (Å²) < 4.78 is 0. The number of benzene rings is 1. The van der Waals surface area contributed by atoms with Gasteiger partial charge in [-0.25, -0.2) is 0 Å². The van der Waals surface area contributed by atoms with Crippen LogP contribution in [0.5, 0.6) is 0 Å². The molecule has 6 nitrogen and oxygen atoms in total. The molecule has 1 aromatic rings. The molecular weight excluding hydrogens is 256 g/mol. The lowest BCUT2D eigenvalue weighted by Gasteiger charge is -2.41. The molecule has 20 heavy (non-hydrogen) atoms. The molecule has 0 amide bonds. The minimum atomic E-state index is -0.482. The third kappa shape index (κ3) is 2.58. The third-order valence-electron chi connectivity index (χ3n) is 3.98. The molecule has 2 N–H and O–H groups in total. The van der Waals surface area contributed by atoms with Crippen LogP contribution in [0.1, 0.15) is 25.3 Å². The van der Waals surface area contributed by atoms with Crippen molar-refractivity contribution in [1.29, 1.82) is 5.26 Å². The van der Waals surface area contributed by atoms with Crippen molar-refractivity contribution in [3.63, 3.8) is 0 Å². The van der Waals surface area contributed by atoms with Gasteiger partial charge in [0.1, 0.15) is 6.07 Å². The van der Waals surface area contributed by atoms with Gasteiger partial charge < -0.3 is 10.6 Å². The maximum absolute atomic E-state index is 10.8. The highest BCUT2D eigenvalue weighted by Gasteiger charge is 2.29. The van der Waals surface area contributed by atoms with E-state index in [1.54, 1.807) is 6.07 Å². The lowest BCUT2D eigenvalue weighted by Crippen LogP contribution is -2.49. The first-order chi connectivity index (χ1) is 9.58. The Labute approximate surface area is 117 Å². The van der Waals surface area contributed by atoms with Gasteiger partial charge in [-0.2, -0.15) is 5.26 Å². The van der Waals surface area contributed by atoms with Crippen molar-refractivity contribution in [2.75, 3.05) is 18.0 Å². The largest absolute Gasteiger partial charge is 0.366 e. The summed E-state index contributed by atoms with van der Waals surface area (Å²) in [4.78, 5) is 12.4. The summed E-state index contributed by atoms with van der Waals surface area (Å²) in [6.45, 7) is 3.50. The number of nitriles is 1. The molecule has 2 rings (SSSR count). The van der Waals surface area contributed by atoms with E-state index in [0.29, 0.717) is 18.0 Å². The van der Waals surface area contributed by atoms with Gasteiger partial charge in [-0.15, -0.1) is 0 Å². The Morgan fingerprint density at radius 2 is 2.35 bits per heavy atom. The summed E-state index contributed by atoms with van der Waals surface area (Å²) >= 11 is 0. The van der Waals surface area contributed by atoms with E-state index in [1.807, 2.05) is 0 Å². The Balaban J connectivity index is 2.41. The van der Waals surface area contributed by atoms with E-state index in [-0.39, 0.29) is 11.7 Å². The number of nitro benzene ring substituents is 1. The molecule has 1 fully saturated rings. The zero-order chi connectivity index (χ0) is 14.7. The number of piperidine rings is 1. The van der Waals surface area contributed by atoms with Crippen molar-refractivity contribution >= 4 is 11.4 Å². The normalized spacial score (nSPS) is 22.4. The first-order valence-corrected chi connectivity index (χ1v) is 6.73. The summed E-state index contributed by atoms with van der Waals surface area (Å²) in [5, 5.41) is 20.0. The van der Waals surface area contributed by atoms with Gasteiger partial charge >= 0.3 is 0 Å². The molecule has 0 bridgehead atoms. The number of rotatable bonds is 3. The van der Waals surface area contributed by atoms with Gasteiger partial charge in [0.25, 0.3) is 5.69 Å². The van der Waals surface area contributed by atoms with Crippen LogP contribution in [-0.2, 0) is 0 Å². The topological polar surface area (TPSA) is 96.2 Å². The molecule has 1 aliphatic heterocycles. The second-order valence-electron chi connectivity index (χ2n) is 5.19. The van der Waals surface area contributed by atoms with Crippen LogP contribution in [0.25, 0.3) is 0 Å². The van der Waals surface area contributed by atoms with E-state index in [0.717, 1.165) is 25.1 Å². The Kier molecular flexibility index (Phi) is 4.20. The number of hydrogen-bond donors (Lipinski definition) is 1. The van der Waals surface area contributed by atoms with Crippen molar-refractivity contribution in [2.24, 2.45) is 11.7 Å². The monoisotopic (exact) mass is 274 g/mol. The molecule has 1 aromatic carbocycles. The van der Waals surface area contributed by atoms with E-state index in [1.165, 1.54) is 12.1 Å². The molecule has 1 aliphatic rings. The van der Waals surface area contributed by atoms with Crippen LogP contribution in [-0.4, -0.2) is 24.1 Å². The second kappa shape index (κ2) is 5.88. The van der Waals surface area contributed by atoms with E-state index in [2.05, 4.69) is 17.9 Å². The zero-order valence-electron chi connectivity index (χ0n) is 11.5. The molecule has 106 valence electrons. The molecule has 0 aliphatic carbocycles. The van der Waals surface area contributed by atoms with Crippen molar-refractivity contribution in [3.05, 3.63) is 33.9 Å². The maximum atomic E-state index is 10.8. The van der Waals surface area contributed by atoms with Crippen LogP contribution in [0, 0.1) is 27.4 Å².